The van der Waals surface area contributed by atoms with Gasteiger partial charge in [-0.25, -0.2) is 0 Å². The van der Waals surface area contributed by atoms with E-state index in [9.17, 15) is 0 Å². The Balaban J connectivity index is 0.000000207. The van der Waals surface area contributed by atoms with Gasteiger partial charge < -0.3 is 9.40 Å². The van der Waals surface area contributed by atoms with Crippen molar-refractivity contribution in [3.63, 3.8) is 0 Å². The molecule has 0 atom stereocenters. The van der Waals surface area contributed by atoms with E-state index in [1.165, 1.54) is 37.4 Å². The van der Waals surface area contributed by atoms with Crippen LogP contribution in [0.3, 0.4) is 0 Å². The van der Waals surface area contributed by atoms with Gasteiger partial charge in [0, 0.05) is 31.7 Å². The number of aromatic nitrogens is 2. The van der Waals surface area contributed by atoms with E-state index in [1.807, 2.05) is 24.4 Å². The third-order valence-electron chi connectivity index (χ3n) is 10.1. The summed E-state index contributed by atoms with van der Waals surface area (Å²) in [5.74, 6) is 7.16. The molecule has 0 bridgehead atoms. The van der Waals surface area contributed by atoms with Gasteiger partial charge in [0.05, 0.1) is 13.7 Å². The maximum absolute atomic E-state index is 6.45. The average Bonchev–Trinajstić information content (AvgIpc) is 3.56. The van der Waals surface area contributed by atoms with Gasteiger partial charge in [0.2, 0.25) is 0 Å². The first-order chi connectivity index (χ1) is 26.6. The SMILES string of the molecule is CC(C)(C)Cc1ccnc(-c2[c-]ccc3c2oc2cc(-c4ccc([Si](C)(C)C)cc4)ccc23)c1.[CH3][Ge]([CH3])([CH3])[c]1ccc(-c2[c-]ccc(-c3ccccc3)c2)nc1.[Ir]. The third-order valence-corrected chi connectivity index (χ3v) is 16.5. The molecule has 8 aromatic rings. The molecule has 0 aliphatic carbocycles. The minimum atomic E-state index is -1.79. The zero-order valence-corrected chi connectivity index (χ0v) is 40.1. The van der Waals surface area contributed by atoms with Gasteiger partial charge in [0.15, 0.2) is 0 Å². The van der Waals surface area contributed by atoms with Crippen molar-refractivity contribution in [1.29, 1.82) is 0 Å². The molecule has 3 aromatic heterocycles. The number of pyridine rings is 2. The summed E-state index contributed by atoms with van der Waals surface area (Å²) < 4.78 is 7.89. The van der Waals surface area contributed by atoms with Crippen molar-refractivity contribution in [1.82, 2.24) is 9.97 Å². The van der Waals surface area contributed by atoms with E-state index < -0.39 is 21.3 Å². The number of nitrogens with zero attached hydrogens (tertiary/aromatic N) is 2. The molecule has 0 amide bonds. The van der Waals surface area contributed by atoms with E-state index in [2.05, 4.69) is 195 Å². The summed E-state index contributed by atoms with van der Waals surface area (Å²) in [6.45, 7) is 13.9. The van der Waals surface area contributed by atoms with Crippen LogP contribution in [0.5, 0.6) is 0 Å². The van der Waals surface area contributed by atoms with Crippen molar-refractivity contribution in [3.8, 4) is 44.8 Å². The molecule has 6 heteroatoms. The Morgan fingerprint density at radius 2 is 1.33 bits per heavy atom. The Hall–Kier alpha value is -4.39. The summed E-state index contributed by atoms with van der Waals surface area (Å²) in [5.41, 5.74) is 11.9. The summed E-state index contributed by atoms with van der Waals surface area (Å²) in [6.07, 6.45) is 4.95. The monoisotopic (exact) mass is 1000 g/mol. The smallest absolute Gasteiger partial charge is 0 e. The molecular formula is C51H52GeIrN2OSi-2. The molecule has 0 aliphatic rings. The van der Waals surface area contributed by atoms with Gasteiger partial charge in [-0.2, -0.15) is 0 Å². The molecule has 0 aliphatic heterocycles. The summed E-state index contributed by atoms with van der Waals surface area (Å²) in [4.78, 5) is 9.33. The average molecular weight is 1000 g/mol. The summed E-state index contributed by atoms with van der Waals surface area (Å²) in [6, 6.07) is 51.7. The largest absolute Gasteiger partial charge is 0 e. The first-order valence-electron chi connectivity index (χ1n) is 19.6. The fourth-order valence-electron chi connectivity index (χ4n) is 7.03. The number of benzene rings is 5. The van der Waals surface area contributed by atoms with Gasteiger partial charge in [-0.05, 0) is 40.8 Å². The minimum absolute atomic E-state index is 0. The van der Waals surface area contributed by atoms with Crippen molar-refractivity contribution in [2.45, 2.75) is 64.1 Å². The fourth-order valence-corrected chi connectivity index (χ4v) is 10.4. The van der Waals surface area contributed by atoms with Gasteiger partial charge in [-0.1, -0.05) is 105 Å². The van der Waals surface area contributed by atoms with Gasteiger partial charge in [0.25, 0.3) is 0 Å². The Bertz CT molecular complexity index is 2600. The molecular weight excluding hydrogens is 949 g/mol. The van der Waals surface area contributed by atoms with Gasteiger partial charge in [-0.3, -0.25) is 0 Å². The van der Waals surface area contributed by atoms with Crippen LogP contribution in [0, 0.1) is 17.5 Å². The molecule has 5 aromatic carbocycles. The first-order valence-corrected chi connectivity index (χ1v) is 30.4. The van der Waals surface area contributed by atoms with E-state index in [4.69, 9.17) is 4.42 Å². The van der Waals surface area contributed by atoms with Crippen LogP contribution in [0.25, 0.3) is 66.7 Å². The van der Waals surface area contributed by atoms with Crippen LogP contribution >= 0.6 is 0 Å². The molecule has 0 saturated carbocycles. The van der Waals surface area contributed by atoms with Crippen molar-refractivity contribution in [2.75, 3.05) is 0 Å². The molecule has 0 fully saturated rings. The van der Waals surface area contributed by atoms with Crippen molar-refractivity contribution < 1.29 is 24.5 Å². The van der Waals surface area contributed by atoms with Crippen LogP contribution in [-0.4, -0.2) is 31.3 Å². The third kappa shape index (κ3) is 10.2. The summed E-state index contributed by atoms with van der Waals surface area (Å²) >= 11 is -1.79. The summed E-state index contributed by atoms with van der Waals surface area (Å²) in [7, 11) is -1.31. The molecule has 291 valence electrons. The first kappa shape index (κ1) is 42.2. The van der Waals surface area contributed by atoms with E-state index in [-0.39, 0.29) is 25.5 Å². The zero-order chi connectivity index (χ0) is 39.7. The van der Waals surface area contributed by atoms with Crippen molar-refractivity contribution in [3.05, 3.63) is 157 Å². The molecule has 3 heterocycles. The molecule has 0 unspecified atom stereocenters. The normalized spacial score (nSPS) is 11.9. The van der Waals surface area contributed by atoms with Gasteiger partial charge >= 0.3 is 135 Å². The number of hydrogen-bond donors (Lipinski definition) is 0. The van der Waals surface area contributed by atoms with E-state index in [0.717, 1.165) is 50.9 Å². The molecule has 8 rings (SSSR count). The van der Waals surface area contributed by atoms with E-state index in [0.29, 0.717) is 0 Å². The van der Waals surface area contributed by atoms with E-state index in [1.54, 1.807) is 0 Å². The minimum Gasteiger partial charge on any atom is 0 e. The van der Waals surface area contributed by atoms with Crippen LogP contribution in [0.1, 0.15) is 26.3 Å². The molecule has 0 saturated heterocycles. The number of hydrogen-bond acceptors (Lipinski definition) is 3. The second-order valence-corrected chi connectivity index (χ2v) is 33.8. The number of fused-ring (bicyclic) bond motifs is 3. The molecule has 0 spiro atoms. The quantitative estimate of drug-likeness (QED) is 0.118. The molecule has 57 heavy (non-hydrogen) atoms. The van der Waals surface area contributed by atoms with Crippen LogP contribution in [0.2, 0.25) is 36.9 Å². The molecule has 3 nitrogen and oxygen atoms in total. The Morgan fingerprint density at radius 1 is 0.649 bits per heavy atom. The Labute approximate surface area is 356 Å². The Morgan fingerprint density at radius 3 is 2.00 bits per heavy atom. The van der Waals surface area contributed by atoms with Crippen molar-refractivity contribution >= 4 is 52.9 Å². The van der Waals surface area contributed by atoms with Crippen molar-refractivity contribution in [2.24, 2.45) is 5.41 Å². The zero-order valence-electron chi connectivity index (χ0n) is 34.6. The van der Waals surface area contributed by atoms with Crippen LogP contribution in [-0.2, 0) is 26.5 Å². The van der Waals surface area contributed by atoms with Crippen LogP contribution < -0.4 is 9.58 Å². The number of rotatable bonds is 7. The number of furan rings is 1. The van der Waals surface area contributed by atoms with E-state index >= 15 is 0 Å². The second kappa shape index (κ2) is 17.2. The topological polar surface area (TPSA) is 38.9 Å². The second-order valence-electron chi connectivity index (χ2n) is 18.1. The van der Waals surface area contributed by atoms with Crippen LogP contribution in [0.4, 0.5) is 0 Å². The maximum atomic E-state index is 6.45. The predicted octanol–water partition coefficient (Wildman–Crippen LogP) is 13.0. The fraction of sp³-hybridized carbons (Fsp3) is 0.216. The predicted molar refractivity (Wildman–Crippen MR) is 244 cm³/mol. The van der Waals surface area contributed by atoms with Gasteiger partial charge in [-0.15, -0.1) is 18.2 Å². The standard InChI is InChI=1S/C31H32NOSi.C20H20GeN.Ir/c1-31(2,3)20-21-16-17-32-28(18-21)27-9-7-8-26-25-15-12-23(19-29(25)33-30(26)27)22-10-13-24(14-11-22)34(4,5)6;1-21(2,3)19-12-13-20(22-15-19)18-11-7-10-17(14-18)16-8-5-4-6-9-16;/h7-8,10-19H,20H2,1-6H3;4-10,12-15H,1-3H3;/q2*-1;. The summed E-state index contributed by atoms with van der Waals surface area (Å²) in [5, 5.41) is 3.70. The van der Waals surface area contributed by atoms with Crippen LogP contribution in [0.15, 0.2) is 144 Å². The van der Waals surface area contributed by atoms with Gasteiger partial charge in [0.1, 0.15) is 5.58 Å². The Kier molecular flexibility index (Phi) is 12.8. The maximum Gasteiger partial charge on any atom is 0 e. The molecule has 1 radical (unpaired) electrons. The molecule has 0 N–H and O–H groups in total.